The van der Waals surface area contributed by atoms with Gasteiger partial charge in [-0.05, 0) is 35.8 Å². The summed E-state index contributed by atoms with van der Waals surface area (Å²) < 4.78 is 1.87. The van der Waals surface area contributed by atoms with Gasteiger partial charge in [-0.3, -0.25) is 9.20 Å². The smallest absolute Gasteiger partial charge is 0.246 e. The molecule has 1 aliphatic heterocycles. The summed E-state index contributed by atoms with van der Waals surface area (Å²) >= 11 is 6.20. The highest BCUT2D eigenvalue weighted by molar-refractivity contribution is 6.31. The van der Waals surface area contributed by atoms with Crippen molar-refractivity contribution >= 4 is 29.2 Å². The van der Waals surface area contributed by atoms with Crippen LogP contribution in [0.2, 0.25) is 5.15 Å². The number of rotatable bonds is 2. The van der Waals surface area contributed by atoms with Crippen molar-refractivity contribution in [1.82, 2.24) is 14.3 Å². The van der Waals surface area contributed by atoms with Gasteiger partial charge in [0.15, 0.2) is 5.15 Å². The van der Waals surface area contributed by atoms with Crippen molar-refractivity contribution in [3.05, 3.63) is 76.7 Å². The van der Waals surface area contributed by atoms with Gasteiger partial charge in [-0.15, -0.1) is 0 Å². The first-order valence-corrected chi connectivity index (χ1v) is 8.26. The molecule has 4 rings (SSSR count). The lowest BCUT2D eigenvalue weighted by atomic mass is 10.00. The second-order valence-electron chi connectivity index (χ2n) is 5.83. The first-order valence-electron chi connectivity index (χ1n) is 7.89. The van der Waals surface area contributed by atoms with E-state index in [0.29, 0.717) is 11.7 Å². The lowest BCUT2D eigenvalue weighted by Crippen LogP contribution is -2.34. The van der Waals surface area contributed by atoms with E-state index in [9.17, 15) is 4.79 Å². The minimum atomic E-state index is -0.00792. The van der Waals surface area contributed by atoms with E-state index < -0.39 is 0 Å². The molecular formula is C19H16ClN3O. The molecule has 0 fully saturated rings. The number of halogens is 1. The van der Waals surface area contributed by atoms with E-state index >= 15 is 0 Å². The first-order chi connectivity index (χ1) is 11.7. The fraction of sp³-hybridized carbons (Fsp3) is 0.158. The third kappa shape index (κ3) is 2.69. The van der Waals surface area contributed by atoms with Crippen LogP contribution >= 0.6 is 11.6 Å². The summed E-state index contributed by atoms with van der Waals surface area (Å²) in [6, 6.07) is 14.0. The van der Waals surface area contributed by atoms with Gasteiger partial charge >= 0.3 is 0 Å². The Morgan fingerprint density at radius 3 is 2.79 bits per heavy atom. The lowest BCUT2D eigenvalue weighted by Gasteiger charge is -2.27. The maximum absolute atomic E-state index is 12.5. The first kappa shape index (κ1) is 15.0. The van der Waals surface area contributed by atoms with Gasteiger partial charge in [-0.25, -0.2) is 4.98 Å². The Balaban J connectivity index is 1.56. The van der Waals surface area contributed by atoms with Crippen molar-refractivity contribution < 1.29 is 4.79 Å². The van der Waals surface area contributed by atoms with Gasteiger partial charge in [0.2, 0.25) is 5.91 Å². The number of hydrogen-bond acceptors (Lipinski definition) is 2. The Hall–Kier alpha value is -2.59. The molecule has 0 spiro atoms. The molecule has 0 aliphatic carbocycles. The van der Waals surface area contributed by atoms with Gasteiger partial charge in [0.1, 0.15) is 5.65 Å². The Morgan fingerprint density at radius 1 is 1.12 bits per heavy atom. The van der Waals surface area contributed by atoms with E-state index in [1.165, 1.54) is 11.1 Å². The Bertz CT molecular complexity index is 945. The molecule has 0 N–H and O–H groups in total. The van der Waals surface area contributed by atoms with Crippen molar-refractivity contribution in [1.29, 1.82) is 0 Å². The number of imidazole rings is 1. The molecule has 0 saturated carbocycles. The van der Waals surface area contributed by atoms with Crippen molar-refractivity contribution in [2.45, 2.75) is 13.0 Å². The van der Waals surface area contributed by atoms with Crippen molar-refractivity contribution in [2.75, 3.05) is 6.54 Å². The van der Waals surface area contributed by atoms with E-state index in [0.717, 1.165) is 24.3 Å². The molecule has 1 aliphatic rings. The number of fused-ring (bicyclic) bond motifs is 2. The second kappa shape index (κ2) is 6.13. The molecule has 0 radical (unpaired) electrons. The number of benzene rings is 1. The average Bonchev–Trinajstić information content (AvgIpc) is 2.94. The normalized spacial score (nSPS) is 14.3. The molecule has 2 aromatic heterocycles. The van der Waals surface area contributed by atoms with Crippen LogP contribution in [0.15, 0.2) is 54.7 Å². The molecule has 0 atom stereocenters. The standard InChI is InChI=1S/C19H16ClN3O/c20-19-16(23-11-4-3-7-17(23)21-19)8-9-18(24)22-12-10-14-5-1-2-6-15(14)13-22/h1-9,11H,10,12-13H2/b9-8-. The van der Waals surface area contributed by atoms with Crippen molar-refractivity contribution in [3.8, 4) is 0 Å². The molecular weight excluding hydrogens is 322 g/mol. The predicted molar refractivity (Wildman–Crippen MR) is 94.8 cm³/mol. The van der Waals surface area contributed by atoms with Crippen LogP contribution in [0, 0.1) is 0 Å². The number of carbonyl (C=O) groups excluding carboxylic acids is 1. The molecule has 1 amide bonds. The maximum atomic E-state index is 12.5. The van der Waals surface area contributed by atoms with Gasteiger partial charge < -0.3 is 4.90 Å². The number of amides is 1. The fourth-order valence-corrected chi connectivity index (χ4v) is 3.32. The van der Waals surface area contributed by atoms with E-state index in [2.05, 4.69) is 17.1 Å². The Labute approximate surface area is 145 Å². The summed E-state index contributed by atoms with van der Waals surface area (Å²) in [4.78, 5) is 18.7. The highest BCUT2D eigenvalue weighted by Crippen LogP contribution is 2.21. The van der Waals surface area contributed by atoms with Crippen LogP contribution in [0.25, 0.3) is 11.7 Å². The van der Waals surface area contributed by atoms with Crippen molar-refractivity contribution in [3.63, 3.8) is 0 Å². The van der Waals surface area contributed by atoms with Crippen LogP contribution in [0.1, 0.15) is 16.8 Å². The molecule has 0 unspecified atom stereocenters. The molecule has 24 heavy (non-hydrogen) atoms. The summed E-state index contributed by atoms with van der Waals surface area (Å²) in [6.45, 7) is 1.39. The largest absolute Gasteiger partial charge is 0.334 e. The highest BCUT2D eigenvalue weighted by atomic mass is 35.5. The van der Waals surface area contributed by atoms with Gasteiger partial charge in [0.05, 0.1) is 5.69 Å². The Kier molecular flexibility index (Phi) is 3.82. The molecule has 3 aromatic rings. The zero-order valence-corrected chi connectivity index (χ0v) is 13.8. The van der Waals surface area contributed by atoms with E-state index in [-0.39, 0.29) is 5.91 Å². The van der Waals surface area contributed by atoms with Crippen LogP contribution in [-0.2, 0) is 17.8 Å². The molecule has 0 saturated heterocycles. The predicted octanol–water partition coefficient (Wildman–Crippen LogP) is 3.59. The third-order valence-electron chi connectivity index (χ3n) is 4.35. The summed E-state index contributed by atoms with van der Waals surface area (Å²) in [5.74, 6) is -0.00792. The monoisotopic (exact) mass is 337 g/mol. The Morgan fingerprint density at radius 2 is 1.92 bits per heavy atom. The molecule has 5 heteroatoms. The highest BCUT2D eigenvalue weighted by Gasteiger charge is 2.18. The van der Waals surface area contributed by atoms with Gasteiger partial charge in [0.25, 0.3) is 0 Å². The molecule has 0 bridgehead atoms. The molecule has 4 nitrogen and oxygen atoms in total. The molecule has 1 aromatic carbocycles. The summed E-state index contributed by atoms with van der Waals surface area (Å²) in [7, 11) is 0. The van der Waals surface area contributed by atoms with Crippen LogP contribution < -0.4 is 0 Å². The topological polar surface area (TPSA) is 37.6 Å². The maximum Gasteiger partial charge on any atom is 0.246 e. The zero-order chi connectivity index (χ0) is 16.5. The van der Waals surface area contributed by atoms with E-state index in [4.69, 9.17) is 11.6 Å². The second-order valence-corrected chi connectivity index (χ2v) is 6.19. The summed E-state index contributed by atoms with van der Waals surface area (Å²) in [5.41, 5.74) is 4.04. The van der Waals surface area contributed by atoms with Crippen molar-refractivity contribution in [2.24, 2.45) is 0 Å². The average molecular weight is 338 g/mol. The summed E-state index contributed by atoms with van der Waals surface area (Å²) in [6.07, 6.45) is 6.10. The lowest BCUT2D eigenvalue weighted by molar-refractivity contribution is -0.126. The van der Waals surface area contributed by atoms with Crippen LogP contribution in [-0.4, -0.2) is 26.7 Å². The van der Waals surface area contributed by atoms with E-state index in [1.54, 1.807) is 12.2 Å². The number of hydrogen-bond donors (Lipinski definition) is 0. The number of aromatic nitrogens is 2. The SMILES string of the molecule is O=C(/C=C\c1c(Cl)nc2ccccn12)N1CCc2ccccc2C1. The minimum Gasteiger partial charge on any atom is -0.334 e. The summed E-state index contributed by atoms with van der Waals surface area (Å²) in [5, 5.41) is 0.397. The van der Waals surface area contributed by atoms with Crippen LogP contribution in [0.3, 0.4) is 0 Å². The fourth-order valence-electron chi connectivity index (χ4n) is 3.07. The van der Waals surface area contributed by atoms with Crippen LogP contribution in [0.4, 0.5) is 0 Å². The van der Waals surface area contributed by atoms with E-state index in [1.807, 2.05) is 45.8 Å². The van der Waals surface area contributed by atoms with Gasteiger partial charge in [-0.2, -0.15) is 0 Å². The zero-order valence-electron chi connectivity index (χ0n) is 13.0. The minimum absolute atomic E-state index is 0.00792. The molecule has 3 heterocycles. The number of carbonyl (C=O) groups is 1. The third-order valence-corrected chi connectivity index (χ3v) is 4.63. The van der Waals surface area contributed by atoms with Gasteiger partial charge in [-0.1, -0.05) is 41.9 Å². The molecule has 120 valence electrons. The quantitative estimate of drug-likeness (QED) is 0.670. The van der Waals surface area contributed by atoms with Gasteiger partial charge in [0, 0.05) is 25.4 Å². The number of nitrogens with zero attached hydrogens (tertiary/aromatic N) is 3. The van der Waals surface area contributed by atoms with Crippen LogP contribution in [0.5, 0.6) is 0 Å². The number of pyridine rings is 1.